The Kier molecular flexibility index (Phi) is 3.59. The van der Waals surface area contributed by atoms with Gasteiger partial charge in [-0.3, -0.25) is 9.69 Å². The van der Waals surface area contributed by atoms with Crippen LogP contribution in [0.4, 0.5) is 8.78 Å². The van der Waals surface area contributed by atoms with E-state index in [1.807, 2.05) is 6.92 Å². The van der Waals surface area contributed by atoms with Gasteiger partial charge in [0, 0.05) is 19.6 Å². The van der Waals surface area contributed by atoms with E-state index in [1.54, 1.807) is 4.90 Å². The van der Waals surface area contributed by atoms with Crippen molar-refractivity contribution in [3.05, 3.63) is 0 Å². The van der Waals surface area contributed by atoms with Gasteiger partial charge < -0.3 is 4.90 Å². The van der Waals surface area contributed by atoms with Crippen LogP contribution < -0.4 is 0 Å². The molecule has 13 heavy (non-hydrogen) atoms. The molecule has 0 spiro atoms. The number of nitrogens with zero attached hydrogens (tertiary/aromatic N) is 2. The average Bonchev–Trinajstić information content (AvgIpc) is 2.03. The summed E-state index contributed by atoms with van der Waals surface area (Å²) in [5.41, 5.74) is 0. The summed E-state index contributed by atoms with van der Waals surface area (Å²) in [6.07, 6.45) is -2.35. The molecule has 1 fully saturated rings. The maximum Gasteiger partial charge on any atom is 0.251 e. The lowest BCUT2D eigenvalue weighted by atomic mass is 10.3. The first kappa shape index (κ1) is 10.4. The molecular formula is C8H14F2N2O. The molecule has 0 aromatic carbocycles. The molecule has 76 valence electrons. The monoisotopic (exact) mass is 192 g/mol. The van der Waals surface area contributed by atoms with Gasteiger partial charge in [-0.05, 0) is 6.92 Å². The molecule has 0 saturated carbocycles. The summed E-state index contributed by atoms with van der Waals surface area (Å²) in [7, 11) is 0. The van der Waals surface area contributed by atoms with Crippen LogP contribution in [0.1, 0.15) is 6.92 Å². The Hall–Kier alpha value is -0.710. The van der Waals surface area contributed by atoms with Gasteiger partial charge in [-0.1, -0.05) is 0 Å². The number of piperazine rings is 1. The van der Waals surface area contributed by atoms with E-state index in [0.29, 0.717) is 19.6 Å². The van der Waals surface area contributed by atoms with E-state index in [2.05, 4.69) is 0 Å². The third-order valence-electron chi connectivity index (χ3n) is 2.18. The lowest BCUT2D eigenvalue weighted by Crippen LogP contribution is -2.51. The zero-order chi connectivity index (χ0) is 9.84. The molecule has 0 radical (unpaired) electrons. The van der Waals surface area contributed by atoms with Crippen molar-refractivity contribution in [2.24, 2.45) is 0 Å². The number of hydrogen-bond donors (Lipinski definition) is 0. The van der Waals surface area contributed by atoms with E-state index in [9.17, 15) is 13.6 Å². The number of alkyl halides is 2. The maximum absolute atomic E-state index is 12.0. The number of carbonyl (C=O) groups is 1. The Bertz CT molecular complexity index is 187. The molecule has 1 amide bonds. The maximum atomic E-state index is 12.0. The fourth-order valence-corrected chi connectivity index (χ4v) is 1.44. The predicted molar refractivity (Wildman–Crippen MR) is 44.7 cm³/mol. The van der Waals surface area contributed by atoms with Crippen molar-refractivity contribution in [2.45, 2.75) is 13.3 Å². The molecule has 1 aliphatic heterocycles. The Labute approximate surface area is 76.3 Å². The Balaban J connectivity index is 2.37. The van der Waals surface area contributed by atoms with Gasteiger partial charge >= 0.3 is 0 Å². The lowest BCUT2D eigenvalue weighted by Gasteiger charge is -2.33. The fourth-order valence-electron chi connectivity index (χ4n) is 1.44. The van der Waals surface area contributed by atoms with Crippen molar-refractivity contribution < 1.29 is 13.6 Å². The number of likely N-dealkylation sites (N-methyl/N-ethyl adjacent to an activating group) is 1. The van der Waals surface area contributed by atoms with E-state index in [0.717, 1.165) is 0 Å². The minimum atomic E-state index is -2.35. The van der Waals surface area contributed by atoms with Crippen molar-refractivity contribution in [3.8, 4) is 0 Å². The summed E-state index contributed by atoms with van der Waals surface area (Å²) >= 11 is 0. The van der Waals surface area contributed by atoms with E-state index in [1.165, 1.54) is 4.90 Å². The third-order valence-corrected chi connectivity index (χ3v) is 2.18. The second kappa shape index (κ2) is 4.50. The van der Waals surface area contributed by atoms with Gasteiger partial charge in [-0.2, -0.15) is 0 Å². The molecule has 0 aromatic rings. The third kappa shape index (κ3) is 2.91. The van der Waals surface area contributed by atoms with Crippen molar-refractivity contribution in [1.29, 1.82) is 0 Å². The van der Waals surface area contributed by atoms with Crippen LogP contribution in [0.3, 0.4) is 0 Å². The van der Waals surface area contributed by atoms with Crippen molar-refractivity contribution >= 4 is 5.91 Å². The molecule has 5 heteroatoms. The highest BCUT2D eigenvalue weighted by Gasteiger charge is 2.24. The van der Waals surface area contributed by atoms with Crippen LogP contribution in [0.2, 0.25) is 0 Å². The zero-order valence-corrected chi connectivity index (χ0v) is 7.67. The summed E-state index contributed by atoms with van der Waals surface area (Å²) in [6.45, 7) is 3.54. The molecule has 0 N–H and O–H groups in total. The molecule has 0 bridgehead atoms. The van der Waals surface area contributed by atoms with Gasteiger partial charge in [0.25, 0.3) is 6.43 Å². The minimum Gasteiger partial charge on any atom is -0.341 e. The van der Waals surface area contributed by atoms with Crippen LogP contribution in [0.5, 0.6) is 0 Å². The summed E-state index contributed by atoms with van der Waals surface area (Å²) in [5, 5.41) is 0. The van der Waals surface area contributed by atoms with E-state index in [-0.39, 0.29) is 19.0 Å². The largest absolute Gasteiger partial charge is 0.341 e. The van der Waals surface area contributed by atoms with Gasteiger partial charge in [0.15, 0.2) is 0 Å². The SMILES string of the molecule is CCN1CCN(CC(F)F)CC1=O. The van der Waals surface area contributed by atoms with Crippen LogP contribution in [0.25, 0.3) is 0 Å². The van der Waals surface area contributed by atoms with Gasteiger partial charge in [0.1, 0.15) is 0 Å². The number of hydrogen-bond acceptors (Lipinski definition) is 2. The van der Waals surface area contributed by atoms with Crippen LogP contribution >= 0.6 is 0 Å². The van der Waals surface area contributed by atoms with Gasteiger partial charge in [-0.15, -0.1) is 0 Å². The first-order valence-corrected chi connectivity index (χ1v) is 4.41. The van der Waals surface area contributed by atoms with Crippen LogP contribution in [0, 0.1) is 0 Å². The summed E-state index contributed by atoms with van der Waals surface area (Å²) in [6, 6.07) is 0. The van der Waals surface area contributed by atoms with Crippen LogP contribution in [0.15, 0.2) is 0 Å². The standard InChI is InChI=1S/C8H14F2N2O/c1-2-12-4-3-11(5-7(9)10)6-8(12)13/h7H,2-6H2,1H3. The van der Waals surface area contributed by atoms with Crippen LogP contribution in [-0.2, 0) is 4.79 Å². The predicted octanol–water partition coefficient (Wildman–Crippen LogP) is 0.416. The number of rotatable bonds is 3. The molecule has 1 saturated heterocycles. The van der Waals surface area contributed by atoms with E-state index >= 15 is 0 Å². The number of amides is 1. The first-order valence-electron chi connectivity index (χ1n) is 4.41. The second-order valence-electron chi connectivity index (χ2n) is 3.10. The summed E-state index contributed by atoms with van der Waals surface area (Å²) in [5.74, 6) is -0.0469. The topological polar surface area (TPSA) is 23.6 Å². The van der Waals surface area contributed by atoms with Crippen molar-refractivity contribution in [2.75, 3.05) is 32.7 Å². The highest BCUT2D eigenvalue weighted by Crippen LogP contribution is 2.05. The highest BCUT2D eigenvalue weighted by molar-refractivity contribution is 5.78. The molecule has 1 rings (SSSR count). The van der Waals surface area contributed by atoms with Gasteiger partial charge in [-0.25, -0.2) is 8.78 Å². The number of carbonyl (C=O) groups excluding carboxylic acids is 1. The van der Waals surface area contributed by atoms with Crippen molar-refractivity contribution in [1.82, 2.24) is 9.80 Å². The smallest absolute Gasteiger partial charge is 0.251 e. The first-order chi connectivity index (χ1) is 6.13. The molecule has 0 atom stereocenters. The fraction of sp³-hybridized carbons (Fsp3) is 0.875. The minimum absolute atomic E-state index is 0.0469. The lowest BCUT2D eigenvalue weighted by molar-refractivity contribution is -0.136. The van der Waals surface area contributed by atoms with Gasteiger partial charge in [0.05, 0.1) is 13.1 Å². The molecule has 0 aromatic heterocycles. The highest BCUT2D eigenvalue weighted by atomic mass is 19.3. The van der Waals surface area contributed by atoms with Crippen LogP contribution in [-0.4, -0.2) is 54.9 Å². The molecular weight excluding hydrogens is 178 g/mol. The normalized spacial score (nSPS) is 20.0. The molecule has 1 aliphatic rings. The average molecular weight is 192 g/mol. The Morgan fingerprint density at radius 1 is 1.46 bits per heavy atom. The second-order valence-corrected chi connectivity index (χ2v) is 3.10. The summed E-state index contributed by atoms with van der Waals surface area (Å²) in [4.78, 5) is 14.4. The van der Waals surface area contributed by atoms with E-state index < -0.39 is 6.43 Å². The molecule has 3 nitrogen and oxygen atoms in total. The Morgan fingerprint density at radius 3 is 2.62 bits per heavy atom. The quantitative estimate of drug-likeness (QED) is 0.647. The van der Waals surface area contributed by atoms with Crippen molar-refractivity contribution in [3.63, 3.8) is 0 Å². The molecule has 0 unspecified atom stereocenters. The summed E-state index contributed by atoms with van der Waals surface area (Å²) < 4.78 is 23.9. The molecule has 1 heterocycles. The van der Waals surface area contributed by atoms with E-state index in [4.69, 9.17) is 0 Å². The molecule has 0 aliphatic carbocycles. The van der Waals surface area contributed by atoms with Gasteiger partial charge in [0.2, 0.25) is 5.91 Å². The number of halogens is 2. The Morgan fingerprint density at radius 2 is 2.15 bits per heavy atom. The zero-order valence-electron chi connectivity index (χ0n) is 7.67.